The van der Waals surface area contributed by atoms with Gasteiger partial charge in [-0.05, 0) is 24.1 Å². The van der Waals surface area contributed by atoms with E-state index >= 15 is 0 Å². The Kier molecular flexibility index (Phi) is 4.22. The van der Waals surface area contributed by atoms with E-state index in [1.165, 1.54) is 6.92 Å². The number of halogens is 3. The van der Waals surface area contributed by atoms with Gasteiger partial charge in [0.05, 0.1) is 6.54 Å². The van der Waals surface area contributed by atoms with Crippen LogP contribution in [0.25, 0.3) is 0 Å². The first-order valence-corrected chi connectivity index (χ1v) is 6.65. The molecule has 1 heterocycles. The van der Waals surface area contributed by atoms with Gasteiger partial charge in [0, 0.05) is 6.54 Å². The Balaban J connectivity index is 2.03. The van der Waals surface area contributed by atoms with Gasteiger partial charge in [0.25, 0.3) is 0 Å². The molecule has 8 heteroatoms. The van der Waals surface area contributed by atoms with Crippen LogP contribution in [0, 0.1) is 24.4 Å². The average Bonchev–Trinajstić information content (AvgIpc) is 2.85. The standard InChI is InChI=1S/C12H12F3N3OS/c1-5-6(2-7(13)10(15)9(5)14)3-17-11(19)8-4-18-12(16)20-8/h2,8H,3-4H2,1H3,(H2,16,18)(H,17,19). The average molecular weight is 303 g/mol. The summed E-state index contributed by atoms with van der Waals surface area (Å²) >= 11 is 1.13. The Morgan fingerprint density at radius 1 is 1.50 bits per heavy atom. The minimum absolute atomic E-state index is 0.0287. The van der Waals surface area contributed by atoms with Crippen LogP contribution in [0.2, 0.25) is 0 Å². The van der Waals surface area contributed by atoms with Crippen molar-refractivity contribution in [3.05, 3.63) is 34.6 Å². The summed E-state index contributed by atoms with van der Waals surface area (Å²) in [5.41, 5.74) is 5.60. The van der Waals surface area contributed by atoms with E-state index in [0.717, 1.165) is 17.8 Å². The summed E-state index contributed by atoms with van der Waals surface area (Å²) in [7, 11) is 0. The van der Waals surface area contributed by atoms with Crippen molar-refractivity contribution in [3.8, 4) is 0 Å². The van der Waals surface area contributed by atoms with Crippen LogP contribution in [0.4, 0.5) is 13.2 Å². The molecule has 0 aromatic heterocycles. The molecule has 4 nitrogen and oxygen atoms in total. The molecule has 0 saturated carbocycles. The number of thioether (sulfide) groups is 1. The topological polar surface area (TPSA) is 67.5 Å². The Morgan fingerprint density at radius 2 is 2.20 bits per heavy atom. The Labute approximate surface area is 117 Å². The molecule has 3 N–H and O–H groups in total. The first-order chi connectivity index (χ1) is 9.40. The lowest BCUT2D eigenvalue weighted by atomic mass is 10.1. The van der Waals surface area contributed by atoms with E-state index in [0.29, 0.717) is 5.17 Å². The number of benzene rings is 1. The fraction of sp³-hybridized carbons (Fsp3) is 0.333. The normalized spacial score (nSPS) is 18.0. The van der Waals surface area contributed by atoms with Gasteiger partial charge in [-0.25, -0.2) is 13.2 Å². The highest BCUT2D eigenvalue weighted by Crippen LogP contribution is 2.21. The van der Waals surface area contributed by atoms with Crippen molar-refractivity contribution < 1.29 is 18.0 Å². The van der Waals surface area contributed by atoms with Gasteiger partial charge >= 0.3 is 0 Å². The molecule has 0 saturated heterocycles. The molecule has 2 rings (SSSR count). The van der Waals surface area contributed by atoms with Crippen molar-refractivity contribution in [1.82, 2.24) is 5.32 Å². The number of nitrogens with one attached hydrogen (secondary N) is 1. The quantitative estimate of drug-likeness (QED) is 0.831. The van der Waals surface area contributed by atoms with E-state index in [9.17, 15) is 18.0 Å². The van der Waals surface area contributed by atoms with E-state index in [2.05, 4.69) is 10.3 Å². The van der Waals surface area contributed by atoms with Gasteiger partial charge in [-0.2, -0.15) is 0 Å². The third-order valence-corrected chi connectivity index (χ3v) is 3.95. The lowest BCUT2D eigenvalue weighted by Crippen LogP contribution is -2.33. The first-order valence-electron chi connectivity index (χ1n) is 5.77. The molecule has 0 spiro atoms. The summed E-state index contributed by atoms with van der Waals surface area (Å²) in [6.07, 6.45) is 0. The van der Waals surface area contributed by atoms with E-state index in [1.807, 2.05) is 0 Å². The number of hydrogen-bond donors (Lipinski definition) is 2. The lowest BCUT2D eigenvalue weighted by molar-refractivity contribution is -0.120. The molecule has 1 amide bonds. The maximum atomic E-state index is 13.4. The highest BCUT2D eigenvalue weighted by Gasteiger charge is 2.25. The zero-order valence-electron chi connectivity index (χ0n) is 10.5. The highest BCUT2D eigenvalue weighted by atomic mass is 32.2. The number of amidine groups is 1. The first kappa shape index (κ1) is 14.7. The van der Waals surface area contributed by atoms with Crippen LogP contribution in [0.1, 0.15) is 11.1 Å². The molecule has 0 bridgehead atoms. The minimum Gasteiger partial charge on any atom is -0.379 e. The van der Waals surface area contributed by atoms with Gasteiger partial charge in [0.15, 0.2) is 22.6 Å². The molecule has 0 aliphatic carbocycles. The van der Waals surface area contributed by atoms with Crippen molar-refractivity contribution in [1.29, 1.82) is 0 Å². The SMILES string of the molecule is Cc1c(CNC(=O)C2CN=C(N)S2)cc(F)c(F)c1F. The maximum absolute atomic E-state index is 13.4. The fourth-order valence-corrected chi connectivity index (χ4v) is 2.52. The molecule has 0 radical (unpaired) electrons. The summed E-state index contributed by atoms with van der Waals surface area (Å²) in [4.78, 5) is 15.7. The van der Waals surface area contributed by atoms with Crippen LogP contribution >= 0.6 is 11.8 Å². The Hall–Kier alpha value is -1.70. The van der Waals surface area contributed by atoms with Gasteiger partial charge in [-0.1, -0.05) is 11.8 Å². The summed E-state index contributed by atoms with van der Waals surface area (Å²) in [5, 5.41) is 2.43. The molecule has 108 valence electrons. The molecule has 1 atom stereocenters. The monoisotopic (exact) mass is 303 g/mol. The van der Waals surface area contributed by atoms with Gasteiger partial charge in [-0.15, -0.1) is 0 Å². The van der Waals surface area contributed by atoms with E-state index in [1.54, 1.807) is 0 Å². The molecule has 1 aliphatic heterocycles. The second-order valence-electron chi connectivity index (χ2n) is 4.27. The molecule has 20 heavy (non-hydrogen) atoms. The summed E-state index contributed by atoms with van der Waals surface area (Å²) in [5.74, 6) is -4.36. The number of amides is 1. The maximum Gasteiger partial charge on any atom is 0.235 e. The molecular weight excluding hydrogens is 291 g/mol. The van der Waals surface area contributed by atoms with E-state index in [4.69, 9.17) is 5.73 Å². The third kappa shape index (κ3) is 2.90. The number of nitrogens with two attached hydrogens (primary N) is 1. The second-order valence-corrected chi connectivity index (χ2v) is 5.50. The van der Waals surface area contributed by atoms with Crippen LogP contribution in [-0.2, 0) is 11.3 Å². The number of carbonyl (C=O) groups excluding carboxylic acids is 1. The number of aliphatic imine (C=N–C) groups is 1. The Morgan fingerprint density at radius 3 is 2.80 bits per heavy atom. The zero-order chi connectivity index (χ0) is 14.9. The van der Waals surface area contributed by atoms with Crippen molar-refractivity contribution in [2.45, 2.75) is 18.7 Å². The van der Waals surface area contributed by atoms with Crippen molar-refractivity contribution in [2.24, 2.45) is 10.7 Å². The zero-order valence-corrected chi connectivity index (χ0v) is 11.4. The van der Waals surface area contributed by atoms with Crippen molar-refractivity contribution >= 4 is 22.8 Å². The van der Waals surface area contributed by atoms with Crippen LogP contribution in [0.5, 0.6) is 0 Å². The van der Waals surface area contributed by atoms with E-state index < -0.39 is 22.7 Å². The molecule has 1 aromatic carbocycles. The predicted molar refractivity (Wildman–Crippen MR) is 70.8 cm³/mol. The van der Waals surface area contributed by atoms with Crippen LogP contribution in [-0.4, -0.2) is 22.9 Å². The third-order valence-electron chi connectivity index (χ3n) is 2.94. The van der Waals surface area contributed by atoms with Crippen LogP contribution < -0.4 is 11.1 Å². The molecule has 1 aliphatic rings. The molecular formula is C12H12F3N3OS. The predicted octanol–water partition coefficient (Wildman–Crippen LogP) is 1.46. The van der Waals surface area contributed by atoms with Crippen molar-refractivity contribution in [3.63, 3.8) is 0 Å². The van der Waals surface area contributed by atoms with Gasteiger partial charge < -0.3 is 11.1 Å². The van der Waals surface area contributed by atoms with Gasteiger partial charge in [-0.3, -0.25) is 9.79 Å². The smallest absolute Gasteiger partial charge is 0.235 e. The van der Waals surface area contributed by atoms with Crippen molar-refractivity contribution in [2.75, 3.05) is 6.54 Å². The number of nitrogens with zero attached hydrogens (tertiary/aromatic N) is 1. The molecule has 1 aromatic rings. The lowest BCUT2D eigenvalue weighted by Gasteiger charge is -2.12. The minimum atomic E-state index is -1.51. The fourth-order valence-electron chi connectivity index (χ4n) is 1.74. The summed E-state index contributed by atoms with van der Waals surface area (Å²) < 4.78 is 39.5. The number of carbonyl (C=O) groups is 1. The van der Waals surface area contributed by atoms with Gasteiger partial charge in [0.1, 0.15) is 5.25 Å². The second kappa shape index (κ2) is 5.74. The largest absolute Gasteiger partial charge is 0.379 e. The highest BCUT2D eigenvalue weighted by molar-refractivity contribution is 8.15. The van der Waals surface area contributed by atoms with Crippen LogP contribution in [0.3, 0.4) is 0 Å². The molecule has 0 fully saturated rings. The van der Waals surface area contributed by atoms with E-state index in [-0.39, 0.29) is 30.1 Å². The van der Waals surface area contributed by atoms with Gasteiger partial charge in [0.2, 0.25) is 5.91 Å². The molecule has 1 unspecified atom stereocenters. The number of rotatable bonds is 3. The summed E-state index contributed by atoms with van der Waals surface area (Å²) in [6, 6.07) is 0.876. The Bertz CT molecular complexity index is 592. The summed E-state index contributed by atoms with van der Waals surface area (Å²) in [6.45, 7) is 1.51. The number of hydrogen-bond acceptors (Lipinski definition) is 4. The van der Waals surface area contributed by atoms with Crippen LogP contribution in [0.15, 0.2) is 11.1 Å².